The van der Waals surface area contributed by atoms with Gasteiger partial charge in [-0.3, -0.25) is 0 Å². The number of ether oxygens (including phenoxy) is 1. The highest BCUT2D eigenvalue weighted by atomic mass is 35.5. The summed E-state index contributed by atoms with van der Waals surface area (Å²) < 4.78 is 5.79. The second-order valence-corrected chi connectivity index (χ2v) is 7.99. The van der Waals surface area contributed by atoms with E-state index in [1.807, 2.05) is 18.2 Å². The van der Waals surface area contributed by atoms with Crippen LogP contribution >= 0.6 is 23.2 Å². The molecule has 0 bridgehead atoms. The molecule has 164 valence electrons. The van der Waals surface area contributed by atoms with Crippen LogP contribution in [0.1, 0.15) is 20.7 Å². The first-order valence-corrected chi connectivity index (χ1v) is 10.5. The summed E-state index contributed by atoms with van der Waals surface area (Å²) in [6.45, 7) is 0. The van der Waals surface area contributed by atoms with Gasteiger partial charge in [0, 0.05) is 10.0 Å². The molecular weight excluding hydrogens is 463 g/mol. The van der Waals surface area contributed by atoms with Gasteiger partial charge in [-0.15, -0.1) is 0 Å². The van der Waals surface area contributed by atoms with Crippen molar-refractivity contribution in [3.8, 4) is 33.8 Å². The van der Waals surface area contributed by atoms with Crippen molar-refractivity contribution in [1.29, 1.82) is 0 Å². The van der Waals surface area contributed by atoms with Gasteiger partial charge in [0.1, 0.15) is 17.1 Å². The summed E-state index contributed by atoms with van der Waals surface area (Å²) in [4.78, 5) is 24.2. The maximum atomic E-state index is 12.1. The van der Waals surface area contributed by atoms with Crippen LogP contribution < -0.4 is 4.74 Å². The summed E-state index contributed by atoms with van der Waals surface area (Å²) in [7, 11) is 0. The highest BCUT2D eigenvalue weighted by Crippen LogP contribution is 2.36. The van der Waals surface area contributed by atoms with E-state index >= 15 is 0 Å². The number of halogens is 2. The maximum absolute atomic E-state index is 12.1. The van der Waals surface area contributed by atoms with Gasteiger partial charge < -0.3 is 14.9 Å². The predicted octanol–water partition coefficient (Wildman–Crippen LogP) is 7.52. The normalized spacial score (nSPS) is 10.6. The van der Waals surface area contributed by atoms with Crippen LogP contribution in [-0.4, -0.2) is 22.2 Å². The molecule has 0 aromatic heterocycles. The number of carboxylic acid groups (broad SMARTS) is 2. The molecule has 0 amide bonds. The molecule has 0 saturated carbocycles. The van der Waals surface area contributed by atoms with Crippen molar-refractivity contribution >= 4 is 35.1 Å². The second-order valence-electron chi connectivity index (χ2n) is 7.12. The van der Waals surface area contributed by atoms with E-state index in [0.717, 1.165) is 11.1 Å². The maximum Gasteiger partial charge on any atom is 0.340 e. The van der Waals surface area contributed by atoms with Crippen LogP contribution in [0.5, 0.6) is 11.5 Å². The Morgan fingerprint density at radius 3 is 1.79 bits per heavy atom. The fourth-order valence-corrected chi connectivity index (χ4v) is 3.89. The first kappa shape index (κ1) is 22.4. The molecule has 7 heteroatoms. The van der Waals surface area contributed by atoms with Gasteiger partial charge in [-0.05, 0) is 70.8 Å². The topological polar surface area (TPSA) is 83.8 Å². The SMILES string of the molecule is O=C(O)c1c(Oc2ccc(-c3cccc(Cl)c3)cc2)ccc(-c2cccc(Cl)c2)c1C(=O)O. The second kappa shape index (κ2) is 9.36. The van der Waals surface area contributed by atoms with Crippen molar-refractivity contribution in [2.45, 2.75) is 0 Å². The van der Waals surface area contributed by atoms with E-state index in [9.17, 15) is 19.8 Å². The Bertz CT molecular complexity index is 1360. The average molecular weight is 479 g/mol. The van der Waals surface area contributed by atoms with Gasteiger partial charge >= 0.3 is 11.9 Å². The zero-order valence-corrected chi connectivity index (χ0v) is 18.5. The fourth-order valence-electron chi connectivity index (χ4n) is 3.51. The molecule has 0 saturated heterocycles. The van der Waals surface area contributed by atoms with Crippen molar-refractivity contribution < 1.29 is 24.5 Å². The van der Waals surface area contributed by atoms with Crippen LogP contribution in [0.25, 0.3) is 22.3 Å². The van der Waals surface area contributed by atoms with Gasteiger partial charge in [0.25, 0.3) is 0 Å². The van der Waals surface area contributed by atoms with Gasteiger partial charge in [-0.1, -0.05) is 59.6 Å². The van der Waals surface area contributed by atoms with Crippen molar-refractivity contribution in [3.05, 3.63) is 106 Å². The Balaban J connectivity index is 1.74. The summed E-state index contributed by atoms with van der Waals surface area (Å²) in [5.41, 5.74) is 1.70. The van der Waals surface area contributed by atoms with E-state index in [1.54, 1.807) is 54.6 Å². The number of rotatable bonds is 6. The molecule has 0 fully saturated rings. The van der Waals surface area contributed by atoms with E-state index in [-0.39, 0.29) is 16.9 Å². The highest BCUT2D eigenvalue weighted by Gasteiger charge is 2.26. The molecule has 2 N–H and O–H groups in total. The average Bonchev–Trinajstić information content (AvgIpc) is 2.79. The highest BCUT2D eigenvalue weighted by molar-refractivity contribution is 6.31. The van der Waals surface area contributed by atoms with Gasteiger partial charge in [0.15, 0.2) is 0 Å². The minimum absolute atomic E-state index is 0.0822. The zero-order valence-electron chi connectivity index (χ0n) is 17.0. The van der Waals surface area contributed by atoms with E-state index in [4.69, 9.17) is 27.9 Å². The quantitative estimate of drug-likeness (QED) is 0.299. The number of aromatic carboxylic acids is 2. The van der Waals surface area contributed by atoms with Crippen molar-refractivity contribution in [1.82, 2.24) is 0 Å². The summed E-state index contributed by atoms with van der Waals surface area (Å²) in [6.07, 6.45) is 0. The molecule has 0 atom stereocenters. The van der Waals surface area contributed by atoms with Crippen LogP contribution in [0.4, 0.5) is 0 Å². The molecule has 0 unspecified atom stereocenters. The standard InChI is InChI=1S/C26H16Cl2O5/c27-18-5-1-3-16(13-18)15-7-9-20(10-8-15)33-22-12-11-21(17-4-2-6-19(28)14-17)23(25(29)30)24(22)26(31)32/h1-14H,(H,29,30)(H,31,32). The minimum Gasteiger partial charge on any atom is -0.478 e. The molecule has 0 radical (unpaired) electrons. The third kappa shape index (κ3) is 4.85. The molecule has 5 nitrogen and oxygen atoms in total. The molecule has 0 aliphatic heterocycles. The van der Waals surface area contributed by atoms with Crippen LogP contribution in [0.2, 0.25) is 10.0 Å². The first-order valence-electron chi connectivity index (χ1n) is 9.77. The lowest BCUT2D eigenvalue weighted by Gasteiger charge is -2.15. The number of carbonyl (C=O) groups is 2. The lowest BCUT2D eigenvalue weighted by Crippen LogP contribution is -2.11. The number of hydrogen-bond donors (Lipinski definition) is 2. The van der Waals surface area contributed by atoms with Crippen molar-refractivity contribution in [2.24, 2.45) is 0 Å². The molecule has 33 heavy (non-hydrogen) atoms. The zero-order chi connectivity index (χ0) is 23.5. The summed E-state index contributed by atoms with van der Waals surface area (Å²) in [5.74, 6) is -2.53. The van der Waals surface area contributed by atoms with Crippen molar-refractivity contribution in [3.63, 3.8) is 0 Å². The molecular formula is C26H16Cl2O5. The van der Waals surface area contributed by atoms with Gasteiger partial charge in [-0.2, -0.15) is 0 Å². The Morgan fingerprint density at radius 1 is 0.636 bits per heavy atom. The fraction of sp³-hybridized carbons (Fsp3) is 0. The molecule has 0 spiro atoms. The van der Waals surface area contributed by atoms with Crippen LogP contribution in [-0.2, 0) is 0 Å². The number of hydrogen-bond acceptors (Lipinski definition) is 3. The molecule has 0 aliphatic carbocycles. The first-order chi connectivity index (χ1) is 15.8. The molecule has 4 aromatic rings. The van der Waals surface area contributed by atoms with E-state index in [1.165, 1.54) is 12.1 Å². The Hall–Kier alpha value is -3.80. The van der Waals surface area contributed by atoms with Gasteiger partial charge in [-0.25, -0.2) is 9.59 Å². The number of benzene rings is 4. The van der Waals surface area contributed by atoms with Crippen molar-refractivity contribution in [2.75, 3.05) is 0 Å². The molecule has 0 heterocycles. The minimum atomic E-state index is -1.41. The number of carboxylic acids is 2. The molecule has 0 aliphatic rings. The van der Waals surface area contributed by atoms with Crippen LogP contribution in [0, 0.1) is 0 Å². The lowest BCUT2D eigenvalue weighted by molar-refractivity contribution is 0.0649. The molecule has 4 aromatic carbocycles. The summed E-state index contributed by atoms with van der Waals surface area (Å²) >= 11 is 12.1. The third-order valence-electron chi connectivity index (χ3n) is 4.97. The summed E-state index contributed by atoms with van der Waals surface area (Å²) in [6, 6.07) is 23.8. The molecule has 4 rings (SSSR count). The van der Waals surface area contributed by atoms with Crippen LogP contribution in [0.15, 0.2) is 84.9 Å². The summed E-state index contributed by atoms with van der Waals surface area (Å²) in [5, 5.41) is 20.7. The predicted molar refractivity (Wildman–Crippen MR) is 128 cm³/mol. The van der Waals surface area contributed by atoms with E-state index in [2.05, 4.69) is 0 Å². The monoisotopic (exact) mass is 478 g/mol. The van der Waals surface area contributed by atoms with E-state index in [0.29, 0.717) is 21.4 Å². The Labute approximate surface area is 199 Å². The van der Waals surface area contributed by atoms with Gasteiger partial charge in [0.05, 0.1) is 5.56 Å². The lowest BCUT2D eigenvalue weighted by atomic mass is 9.94. The Kier molecular flexibility index (Phi) is 6.36. The van der Waals surface area contributed by atoms with Gasteiger partial charge in [0.2, 0.25) is 0 Å². The van der Waals surface area contributed by atoms with E-state index < -0.39 is 17.5 Å². The largest absolute Gasteiger partial charge is 0.478 e. The third-order valence-corrected chi connectivity index (χ3v) is 5.44. The van der Waals surface area contributed by atoms with Crippen LogP contribution in [0.3, 0.4) is 0 Å². The smallest absolute Gasteiger partial charge is 0.340 e. The Morgan fingerprint density at radius 2 is 1.21 bits per heavy atom.